The van der Waals surface area contributed by atoms with Crippen molar-refractivity contribution in [1.82, 2.24) is 0 Å². The molecule has 0 heterocycles. The van der Waals surface area contributed by atoms with Crippen LogP contribution < -0.4 is 5.73 Å². The van der Waals surface area contributed by atoms with E-state index in [0.717, 1.165) is 22.4 Å². The number of nitrogens with zero attached hydrogens (tertiary/aromatic N) is 1. The maximum Gasteiger partial charge on any atom is 0.0671 e. The molecule has 0 aliphatic heterocycles. The zero-order valence-corrected chi connectivity index (χ0v) is 14.5. The van der Waals surface area contributed by atoms with Crippen molar-refractivity contribution < 1.29 is 0 Å². The molecule has 2 N–H and O–H groups in total. The molecule has 3 aromatic carbocycles. The zero-order valence-electron chi connectivity index (χ0n) is 13.8. The zero-order chi connectivity index (χ0) is 17.5. The number of aliphatic imine (C=N–C) groups is 1. The SMILES string of the molecule is N/C(=C\C(=N/Cc1cccc(Cl)c1)c1ccccc1)c1ccccc1. The summed E-state index contributed by atoms with van der Waals surface area (Å²) in [7, 11) is 0. The Hall–Kier alpha value is -2.84. The minimum Gasteiger partial charge on any atom is -0.398 e. The van der Waals surface area contributed by atoms with Crippen LogP contribution in [0.4, 0.5) is 0 Å². The second kappa shape index (κ2) is 8.32. The fourth-order valence-electron chi connectivity index (χ4n) is 2.50. The van der Waals surface area contributed by atoms with Gasteiger partial charge in [-0.05, 0) is 34.9 Å². The standard InChI is InChI=1S/C22H19ClN2/c23-20-13-7-8-17(14-20)16-25-22(19-11-5-2-6-12-19)15-21(24)18-9-3-1-4-10-18/h1-15H,16,24H2/b21-15-,25-22+. The highest BCUT2D eigenvalue weighted by Crippen LogP contribution is 2.14. The largest absolute Gasteiger partial charge is 0.398 e. The van der Waals surface area contributed by atoms with Gasteiger partial charge >= 0.3 is 0 Å². The molecule has 0 atom stereocenters. The Bertz CT molecular complexity index is 884. The van der Waals surface area contributed by atoms with Crippen molar-refractivity contribution in [3.05, 3.63) is 113 Å². The molecular formula is C22H19ClN2. The van der Waals surface area contributed by atoms with Crippen LogP contribution >= 0.6 is 11.6 Å². The lowest BCUT2D eigenvalue weighted by molar-refractivity contribution is 1.07. The van der Waals surface area contributed by atoms with Crippen molar-refractivity contribution in [3.8, 4) is 0 Å². The maximum absolute atomic E-state index is 6.29. The van der Waals surface area contributed by atoms with E-state index in [1.165, 1.54) is 0 Å². The lowest BCUT2D eigenvalue weighted by Gasteiger charge is -2.06. The second-order valence-corrected chi connectivity index (χ2v) is 6.10. The maximum atomic E-state index is 6.29. The van der Waals surface area contributed by atoms with Crippen molar-refractivity contribution in [3.63, 3.8) is 0 Å². The van der Waals surface area contributed by atoms with Gasteiger partial charge in [0.05, 0.1) is 12.3 Å². The molecule has 0 radical (unpaired) electrons. The van der Waals surface area contributed by atoms with Gasteiger partial charge in [0.1, 0.15) is 0 Å². The summed E-state index contributed by atoms with van der Waals surface area (Å²) in [5.74, 6) is 0. The van der Waals surface area contributed by atoms with E-state index in [4.69, 9.17) is 22.3 Å². The second-order valence-electron chi connectivity index (χ2n) is 5.66. The molecule has 0 amide bonds. The molecule has 0 saturated carbocycles. The fraction of sp³-hybridized carbons (Fsp3) is 0.0455. The summed E-state index contributed by atoms with van der Waals surface area (Å²) in [6.07, 6.45) is 1.93. The number of allylic oxidation sites excluding steroid dienone is 1. The highest BCUT2D eigenvalue weighted by atomic mass is 35.5. The molecule has 3 aromatic rings. The van der Waals surface area contributed by atoms with Crippen LogP contribution in [0.25, 0.3) is 5.70 Å². The Kier molecular flexibility index (Phi) is 5.65. The predicted molar refractivity (Wildman–Crippen MR) is 107 cm³/mol. The Labute approximate surface area is 153 Å². The Morgan fingerprint density at radius 2 is 1.48 bits per heavy atom. The number of rotatable bonds is 5. The Morgan fingerprint density at radius 1 is 0.840 bits per heavy atom. The highest BCUT2D eigenvalue weighted by Gasteiger charge is 2.03. The third kappa shape index (κ3) is 4.82. The van der Waals surface area contributed by atoms with E-state index in [-0.39, 0.29) is 0 Å². The van der Waals surface area contributed by atoms with Gasteiger partial charge in [0, 0.05) is 10.7 Å². The average molecular weight is 347 g/mol. The molecule has 0 bridgehead atoms. The van der Waals surface area contributed by atoms with Crippen LogP contribution in [0.15, 0.2) is 96.0 Å². The molecule has 0 fully saturated rings. The van der Waals surface area contributed by atoms with E-state index in [0.29, 0.717) is 17.3 Å². The molecule has 0 aliphatic carbocycles. The molecule has 124 valence electrons. The summed E-state index contributed by atoms with van der Waals surface area (Å²) in [6.45, 7) is 0.545. The summed E-state index contributed by atoms with van der Waals surface area (Å²) < 4.78 is 0. The first-order valence-corrected chi connectivity index (χ1v) is 8.47. The number of benzene rings is 3. The van der Waals surface area contributed by atoms with E-state index in [1.807, 2.05) is 91.0 Å². The first kappa shape index (κ1) is 17.0. The smallest absolute Gasteiger partial charge is 0.0671 e. The van der Waals surface area contributed by atoms with Gasteiger partial charge in [-0.15, -0.1) is 0 Å². The fourth-order valence-corrected chi connectivity index (χ4v) is 2.72. The molecule has 2 nitrogen and oxygen atoms in total. The van der Waals surface area contributed by atoms with Crippen molar-refractivity contribution in [1.29, 1.82) is 0 Å². The summed E-state index contributed by atoms with van der Waals surface area (Å²) in [4.78, 5) is 4.77. The molecule has 25 heavy (non-hydrogen) atoms. The molecule has 0 spiro atoms. The first-order valence-electron chi connectivity index (χ1n) is 8.09. The summed E-state index contributed by atoms with van der Waals surface area (Å²) in [5, 5.41) is 0.716. The number of hydrogen-bond donors (Lipinski definition) is 1. The van der Waals surface area contributed by atoms with Gasteiger partial charge in [0.2, 0.25) is 0 Å². The lowest BCUT2D eigenvalue weighted by Crippen LogP contribution is -2.04. The highest BCUT2D eigenvalue weighted by molar-refractivity contribution is 6.30. The summed E-state index contributed by atoms with van der Waals surface area (Å²) in [6, 6.07) is 27.7. The van der Waals surface area contributed by atoms with Crippen molar-refractivity contribution in [2.24, 2.45) is 10.7 Å². The topological polar surface area (TPSA) is 38.4 Å². The Morgan fingerprint density at radius 3 is 2.12 bits per heavy atom. The van der Waals surface area contributed by atoms with Crippen LogP contribution in [0.3, 0.4) is 0 Å². The van der Waals surface area contributed by atoms with Crippen LogP contribution in [-0.4, -0.2) is 5.71 Å². The minimum atomic E-state index is 0.545. The van der Waals surface area contributed by atoms with E-state index in [9.17, 15) is 0 Å². The van der Waals surface area contributed by atoms with Crippen LogP contribution in [0, 0.1) is 0 Å². The third-order valence-corrected chi connectivity index (χ3v) is 4.02. The predicted octanol–water partition coefficient (Wildman–Crippen LogP) is 5.33. The summed E-state index contributed by atoms with van der Waals surface area (Å²) in [5.41, 5.74) is 10.9. The quantitative estimate of drug-likeness (QED) is 0.623. The van der Waals surface area contributed by atoms with Crippen LogP contribution in [-0.2, 0) is 6.54 Å². The number of halogens is 1. The van der Waals surface area contributed by atoms with Gasteiger partial charge in [-0.1, -0.05) is 84.4 Å². The summed E-state index contributed by atoms with van der Waals surface area (Å²) >= 11 is 6.06. The molecule has 0 aromatic heterocycles. The van der Waals surface area contributed by atoms with Crippen molar-refractivity contribution in [2.45, 2.75) is 6.54 Å². The molecule has 0 unspecified atom stereocenters. The minimum absolute atomic E-state index is 0.545. The van der Waals surface area contributed by atoms with Gasteiger partial charge in [-0.25, -0.2) is 0 Å². The third-order valence-electron chi connectivity index (χ3n) is 3.79. The van der Waals surface area contributed by atoms with Crippen LogP contribution in [0.2, 0.25) is 5.02 Å². The van der Waals surface area contributed by atoms with Crippen LogP contribution in [0.5, 0.6) is 0 Å². The average Bonchev–Trinajstić information content (AvgIpc) is 2.66. The monoisotopic (exact) mass is 346 g/mol. The molecule has 0 saturated heterocycles. The molecule has 3 heteroatoms. The normalized spacial score (nSPS) is 12.2. The Balaban J connectivity index is 1.94. The van der Waals surface area contributed by atoms with Crippen LogP contribution in [0.1, 0.15) is 16.7 Å². The van der Waals surface area contributed by atoms with E-state index < -0.39 is 0 Å². The van der Waals surface area contributed by atoms with Crippen molar-refractivity contribution in [2.75, 3.05) is 0 Å². The van der Waals surface area contributed by atoms with E-state index in [1.54, 1.807) is 0 Å². The van der Waals surface area contributed by atoms with Gasteiger partial charge < -0.3 is 5.73 Å². The van der Waals surface area contributed by atoms with Gasteiger partial charge in [0.15, 0.2) is 0 Å². The number of hydrogen-bond acceptors (Lipinski definition) is 2. The van der Waals surface area contributed by atoms with Gasteiger partial charge in [-0.3, -0.25) is 4.99 Å². The molecular weight excluding hydrogens is 328 g/mol. The molecule has 0 aliphatic rings. The molecule has 3 rings (SSSR count). The van der Waals surface area contributed by atoms with Crippen molar-refractivity contribution >= 4 is 23.0 Å². The number of nitrogens with two attached hydrogens (primary N) is 1. The lowest BCUT2D eigenvalue weighted by atomic mass is 10.1. The van der Waals surface area contributed by atoms with E-state index >= 15 is 0 Å². The van der Waals surface area contributed by atoms with E-state index in [2.05, 4.69) is 0 Å². The van der Waals surface area contributed by atoms with Gasteiger partial charge in [0.25, 0.3) is 0 Å². The first-order chi connectivity index (χ1) is 12.2. The van der Waals surface area contributed by atoms with Gasteiger partial charge in [-0.2, -0.15) is 0 Å².